The van der Waals surface area contributed by atoms with Crippen molar-refractivity contribution in [1.82, 2.24) is 4.90 Å². The second-order valence-corrected chi connectivity index (χ2v) is 5.09. The Morgan fingerprint density at radius 2 is 2.05 bits per heavy atom. The minimum absolute atomic E-state index is 0.000184. The number of hydrogen-bond donors (Lipinski definition) is 1. The van der Waals surface area contributed by atoms with Crippen molar-refractivity contribution in [3.05, 3.63) is 28.2 Å². The summed E-state index contributed by atoms with van der Waals surface area (Å²) < 4.78 is 6.53. The van der Waals surface area contributed by atoms with E-state index in [0.717, 1.165) is 10.0 Å². The predicted octanol–water partition coefficient (Wildman–Crippen LogP) is 2.54. The summed E-state index contributed by atoms with van der Waals surface area (Å²) in [6, 6.07) is 5.64. The number of carbonyl (C=O) groups is 1. The zero-order valence-corrected chi connectivity index (χ0v) is 13.2. The van der Waals surface area contributed by atoms with E-state index in [1.165, 1.54) is 0 Å². The van der Waals surface area contributed by atoms with Gasteiger partial charge in [0.05, 0.1) is 4.47 Å². The number of benzene rings is 1. The molecular formula is C14H21BrN2O2. The molecular weight excluding hydrogens is 308 g/mol. The van der Waals surface area contributed by atoms with E-state index in [-0.39, 0.29) is 5.91 Å². The number of carbonyl (C=O) groups excluding carboxylic acids is 1. The van der Waals surface area contributed by atoms with Crippen LogP contribution >= 0.6 is 15.9 Å². The highest BCUT2D eigenvalue weighted by Crippen LogP contribution is 2.27. The molecule has 1 aromatic carbocycles. The highest BCUT2D eigenvalue weighted by molar-refractivity contribution is 9.10. The summed E-state index contributed by atoms with van der Waals surface area (Å²) in [5, 5.41) is 0. The summed E-state index contributed by atoms with van der Waals surface area (Å²) in [5.41, 5.74) is 6.59. The first-order valence-electron chi connectivity index (χ1n) is 6.47. The summed E-state index contributed by atoms with van der Waals surface area (Å²) in [7, 11) is 0. The third kappa shape index (κ3) is 4.21. The van der Waals surface area contributed by atoms with Gasteiger partial charge in [-0.2, -0.15) is 0 Å². The molecule has 1 aromatic rings. The smallest absolute Gasteiger partial charge is 0.263 e. The molecule has 1 unspecified atom stereocenters. The number of rotatable bonds is 6. The van der Waals surface area contributed by atoms with Crippen LogP contribution in [0.5, 0.6) is 5.75 Å². The molecule has 0 bridgehead atoms. The van der Waals surface area contributed by atoms with Crippen LogP contribution in [-0.4, -0.2) is 30.0 Å². The largest absolute Gasteiger partial charge is 0.480 e. The van der Waals surface area contributed by atoms with Crippen LogP contribution in [-0.2, 0) is 11.3 Å². The topological polar surface area (TPSA) is 55.6 Å². The molecule has 0 aliphatic rings. The average Bonchev–Trinajstić information content (AvgIpc) is 2.42. The van der Waals surface area contributed by atoms with Gasteiger partial charge in [-0.3, -0.25) is 4.79 Å². The number of halogens is 1. The van der Waals surface area contributed by atoms with Crippen LogP contribution in [0.4, 0.5) is 0 Å². The summed E-state index contributed by atoms with van der Waals surface area (Å²) in [6.45, 7) is 7.55. The van der Waals surface area contributed by atoms with Crippen molar-refractivity contribution >= 4 is 21.8 Å². The lowest BCUT2D eigenvalue weighted by Gasteiger charge is -2.23. The van der Waals surface area contributed by atoms with Crippen LogP contribution in [0.3, 0.4) is 0 Å². The van der Waals surface area contributed by atoms with Gasteiger partial charge in [0, 0.05) is 19.6 Å². The van der Waals surface area contributed by atoms with Crippen molar-refractivity contribution in [2.24, 2.45) is 5.73 Å². The van der Waals surface area contributed by atoms with Crippen molar-refractivity contribution in [3.8, 4) is 5.75 Å². The van der Waals surface area contributed by atoms with Crippen molar-refractivity contribution < 1.29 is 9.53 Å². The Hall–Kier alpha value is -1.07. The minimum Gasteiger partial charge on any atom is -0.480 e. The summed E-state index contributed by atoms with van der Waals surface area (Å²) in [5.74, 6) is 0.657. The summed E-state index contributed by atoms with van der Waals surface area (Å²) in [4.78, 5) is 13.9. The van der Waals surface area contributed by atoms with Crippen molar-refractivity contribution in [1.29, 1.82) is 0 Å². The van der Waals surface area contributed by atoms with Crippen molar-refractivity contribution in [2.75, 3.05) is 13.1 Å². The highest BCUT2D eigenvalue weighted by atomic mass is 79.9. The Morgan fingerprint density at radius 1 is 1.42 bits per heavy atom. The lowest BCUT2D eigenvalue weighted by atomic mass is 10.2. The van der Waals surface area contributed by atoms with E-state index < -0.39 is 6.10 Å². The first-order chi connectivity index (χ1) is 9.03. The molecule has 5 heteroatoms. The van der Waals surface area contributed by atoms with E-state index in [2.05, 4.69) is 15.9 Å². The van der Waals surface area contributed by atoms with Crippen molar-refractivity contribution in [2.45, 2.75) is 33.4 Å². The first-order valence-corrected chi connectivity index (χ1v) is 7.26. The van der Waals surface area contributed by atoms with Crippen LogP contribution in [0, 0.1) is 0 Å². The number of likely N-dealkylation sites (N-methyl/N-ethyl adjacent to an activating group) is 1. The lowest BCUT2D eigenvalue weighted by Crippen LogP contribution is -2.40. The third-order valence-corrected chi connectivity index (χ3v) is 3.58. The predicted molar refractivity (Wildman–Crippen MR) is 80.1 cm³/mol. The van der Waals surface area contributed by atoms with E-state index in [1.54, 1.807) is 11.8 Å². The zero-order chi connectivity index (χ0) is 14.4. The van der Waals surface area contributed by atoms with Gasteiger partial charge in [0.2, 0.25) is 0 Å². The zero-order valence-electron chi connectivity index (χ0n) is 11.6. The third-order valence-electron chi connectivity index (χ3n) is 2.96. The summed E-state index contributed by atoms with van der Waals surface area (Å²) >= 11 is 3.43. The molecule has 0 saturated heterocycles. The van der Waals surface area contributed by atoms with Gasteiger partial charge in [0.25, 0.3) is 5.91 Å². The maximum Gasteiger partial charge on any atom is 0.263 e. The van der Waals surface area contributed by atoms with E-state index in [4.69, 9.17) is 10.5 Å². The molecule has 0 spiro atoms. The Balaban J connectivity index is 2.76. The van der Waals surface area contributed by atoms with Gasteiger partial charge in [-0.25, -0.2) is 0 Å². The lowest BCUT2D eigenvalue weighted by molar-refractivity contribution is -0.137. The molecule has 0 fully saturated rings. The fraction of sp³-hybridized carbons (Fsp3) is 0.500. The molecule has 0 aromatic heterocycles. The molecule has 0 aliphatic carbocycles. The number of nitrogens with two attached hydrogens (primary N) is 1. The maximum absolute atomic E-state index is 12.1. The van der Waals surface area contributed by atoms with Gasteiger partial charge in [-0.05, 0) is 54.4 Å². The highest BCUT2D eigenvalue weighted by Gasteiger charge is 2.20. The van der Waals surface area contributed by atoms with Gasteiger partial charge >= 0.3 is 0 Å². The number of hydrogen-bond acceptors (Lipinski definition) is 3. The second kappa shape index (κ2) is 7.50. The Morgan fingerprint density at radius 3 is 2.53 bits per heavy atom. The second-order valence-electron chi connectivity index (χ2n) is 4.24. The number of amides is 1. The Kier molecular flexibility index (Phi) is 6.31. The van der Waals surface area contributed by atoms with E-state index >= 15 is 0 Å². The fourth-order valence-corrected chi connectivity index (χ4v) is 2.32. The van der Waals surface area contributed by atoms with Crippen LogP contribution < -0.4 is 10.5 Å². The molecule has 0 heterocycles. The quantitative estimate of drug-likeness (QED) is 0.873. The van der Waals surface area contributed by atoms with Crippen LogP contribution in [0.15, 0.2) is 22.7 Å². The fourth-order valence-electron chi connectivity index (χ4n) is 1.80. The van der Waals surface area contributed by atoms with Gasteiger partial charge < -0.3 is 15.4 Å². The first kappa shape index (κ1) is 16.0. The normalized spacial score (nSPS) is 12.1. The molecule has 0 radical (unpaired) electrons. The molecule has 0 aliphatic heterocycles. The SMILES string of the molecule is CCN(CC)C(=O)C(C)Oc1ccc(CN)cc1Br. The number of nitrogens with zero attached hydrogens (tertiary/aromatic N) is 1. The number of ether oxygens (including phenoxy) is 1. The van der Waals surface area contributed by atoms with E-state index in [0.29, 0.717) is 25.4 Å². The Bertz CT molecular complexity index is 433. The Labute approximate surface area is 123 Å². The molecule has 1 amide bonds. The van der Waals surface area contributed by atoms with Crippen molar-refractivity contribution in [3.63, 3.8) is 0 Å². The maximum atomic E-state index is 12.1. The molecule has 0 saturated carbocycles. The molecule has 106 valence electrons. The van der Waals surface area contributed by atoms with Crippen LogP contribution in [0.1, 0.15) is 26.3 Å². The minimum atomic E-state index is -0.500. The molecule has 2 N–H and O–H groups in total. The summed E-state index contributed by atoms with van der Waals surface area (Å²) in [6.07, 6.45) is -0.500. The standard InChI is InChI=1S/C14H21BrN2O2/c1-4-17(5-2)14(18)10(3)19-13-7-6-11(9-16)8-12(13)15/h6-8,10H,4-5,9,16H2,1-3H3. The van der Waals surface area contributed by atoms with E-state index in [9.17, 15) is 4.79 Å². The molecule has 4 nitrogen and oxygen atoms in total. The molecule has 1 atom stereocenters. The van der Waals surface area contributed by atoms with Gasteiger partial charge in [0.15, 0.2) is 6.10 Å². The van der Waals surface area contributed by atoms with E-state index in [1.807, 2.05) is 32.0 Å². The monoisotopic (exact) mass is 328 g/mol. The average molecular weight is 329 g/mol. The van der Waals surface area contributed by atoms with Crippen LogP contribution in [0.2, 0.25) is 0 Å². The molecule has 1 rings (SSSR count). The van der Waals surface area contributed by atoms with Gasteiger partial charge in [-0.15, -0.1) is 0 Å². The van der Waals surface area contributed by atoms with Gasteiger partial charge in [-0.1, -0.05) is 6.07 Å². The molecule has 19 heavy (non-hydrogen) atoms. The van der Waals surface area contributed by atoms with Gasteiger partial charge in [0.1, 0.15) is 5.75 Å². The van der Waals surface area contributed by atoms with Crippen LogP contribution in [0.25, 0.3) is 0 Å².